The summed E-state index contributed by atoms with van der Waals surface area (Å²) < 4.78 is 4.82. The molecule has 0 aliphatic heterocycles. The minimum Gasteiger partial charge on any atom is -0.311 e. The van der Waals surface area contributed by atoms with E-state index in [1.807, 2.05) is 0 Å². The molecule has 2 aromatic heterocycles. The molecule has 4 nitrogen and oxygen atoms in total. The number of benzene rings is 18. The summed E-state index contributed by atoms with van der Waals surface area (Å²) in [6, 6.07) is 146. The molecule has 0 saturated carbocycles. The second-order valence-corrected chi connectivity index (χ2v) is 46.2. The molecule has 1 atom stereocenters. The molecule has 147 heavy (non-hydrogen) atoms. The molecular formula is C143H136N4. The first-order valence-electron chi connectivity index (χ1n) is 54.3. The van der Waals surface area contributed by atoms with Crippen molar-refractivity contribution in [1.82, 2.24) is 9.13 Å². The van der Waals surface area contributed by atoms with Gasteiger partial charge in [0.25, 0.3) is 0 Å². The Morgan fingerprint density at radius 2 is 0.469 bits per heavy atom. The second kappa shape index (κ2) is 34.9. The maximum atomic E-state index is 2.65. The van der Waals surface area contributed by atoms with E-state index in [-0.39, 0.29) is 43.3 Å². The van der Waals surface area contributed by atoms with E-state index in [1.54, 1.807) is 0 Å². The van der Waals surface area contributed by atoms with Crippen LogP contribution in [0.2, 0.25) is 0 Å². The summed E-state index contributed by atoms with van der Waals surface area (Å²) in [4.78, 5) is 4.91. The molecule has 0 amide bonds. The topological polar surface area (TPSA) is 16.3 Å². The molecule has 4 aliphatic carbocycles. The first-order valence-corrected chi connectivity index (χ1v) is 54.3. The number of fused-ring (bicyclic) bond motifs is 18. The molecule has 0 radical (unpaired) electrons. The van der Waals surface area contributed by atoms with Crippen molar-refractivity contribution in [2.75, 3.05) is 9.80 Å². The molecule has 24 rings (SSSR count). The van der Waals surface area contributed by atoms with Crippen molar-refractivity contribution >= 4 is 77.7 Å². The Labute approximate surface area is 871 Å². The summed E-state index contributed by atoms with van der Waals surface area (Å²) >= 11 is 0. The van der Waals surface area contributed by atoms with E-state index < -0.39 is 0 Å². The van der Waals surface area contributed by atoms with Crippen LogP contribution in [0, 0.1) is 13.8 Å². The van der Waals surface area contributed by atoms with Crippen molar-refractivity contribution in [3.63, 3.8) is 0 Å². The lowest BCUT2D eigenvalue weighted by Gasteiger charge is -2.50. The van der Waals surface area contributed by atoms with Gasteiger partial charge in [-0.3, -0.25) is 0 Å². The fourth-order valence-corrected chi connectivity index (χ4v) is 27.2. The number of hydrogen-bond acceptors (Lipinski definition) is 2. The SMILES string of the molecule is CCC(C)(CC)c1ccc(N(c2ccc(-c3ccc4c(c3)C(C)(C)c3cc5c(cc3-4)C(C)(C)c3cc(C(C)(CC)C(CC)(CC)c4ccc(N(c6ccc(-c7ccc8c(c7)C(C)(C)c7cc9c(cc7-8)C(C)(C)c7cc(C(C)(CC)CC)ccc7-9)cc6)c6ccc(-c7ccc8c(c7)c7ccccc7n8-c7ccc(C)cc7)cc6)cc4)ccc3-5)cc2)c2ccc(-c3ccc4c(c3)c3ccccc3n4-c3ccc(C)cc3)cc2)cc1. The van der Waals surface area contributed by atoms with Gasteiger partial charge in [-0.2, -0.15) is 0 Å². The van der Waals surface area contributed by atoms with Crippen LogP contribution in [0.4, 0.5) is 34.1 Å². The van der Waals surface area contributed by atoms with Gasteiger partial charge in [0.05, 0.1) is 22.1 Å². The summed E-state index contributed by atoms with van der Waals surface area (Å²) in [5.74, 6) is 0. The van der Waals surface area contributed by atoms with Gasteiger partial charge in [-0.25, -0.2) is 0 Å². The Bertz CT molecular complexity index is 8630. The number of nitrogens with zero attached hydrogens (tertiary/aromatic N) is 4. The number of hydrogen-bond donors (Lipinski definition) is 0. The van der Waals surface area contributed by atoms with Crippen molar-refractivity contribution in [3.8, 4) is 100 Å². The molecule has 18 aromatic carbocycles. The molecular weight excluding hydrogens is 1770 g/mol. The molecule has 0 N–H and O–H groups in total. The third-order valence-electron chi connectivity index (χ3n) is 37.6. The fourth-order valence-electron chi connectivity index (χ4n) is 27.2. The van der Waals surface area contributed by atoms with Crippen LogP contribution < -0.4 is 9.80 Å². The lowest BCUT2D eigenvalue weighted by Crippen LogP contribution is -2.46. The van der Waals surface area contributed by atoms with Gasteiger partial charge in [0.2, 0.25) is 0 Å². The highest BCUT2D eigenvalue weighted by molar-refractivity contribution is 6.12. The van der Waals surface area contributed by atoms with Crippen molar-refractivity contribution in [2.24, 2.45) is 0 Å². The smallest absolute Gasteiger partial charge is 0.0541 e. The first kappa shape index (κ1) is 94.4. The summed E-state index contributed by atoms with van der Waals surface area (Å²) in [5.41, 5.74) is 52.9. The standard InChI is InChI=1S/C143H136N4/c1-21-140(18,22-2)100-52-70-108(71-53-100)144(104-62-40-92(41-63-104)96-50-78-134-122(80-96)116-32-28-30-34-132(116)146(134)110-58-36-90(8)37-59-110)106-66-44-94(45-67-106)98-49-75-113-119-87-131-121(89-129(119)137(12,13)125(113)83-98)115-77-57-103(85-127(115)139(131,16)17)142(20,25-5)143(26-6,27-7)101-54-72-109(73-55-101)145(105-64-42-93(43-65-105)97-51-79-135-123(81-97)117-33-29-31-35-133(117)147(135)111-60-38-91(9)39-61-111)107-68-46-95(47-69-107)99-48-74-112-118-86-130-120(88-128(118)136(10,11)124(112)82-99)114-76-56-102(141(19,23-3)24-4)84-126(114)138(130,14)15/h28-89H,21-27H2,1-20H3. The van der Waals surface area contributed by atoms with Crippen LogP contribution in [0.5, 0.6) is 0 Å². The zero-order valence-corrected chi connectivity index (χ0v) is 89.5. The van der Waals surface area contributed by atoms with E-state index in [1.165, 1.54) is 222 Å². The van der Waals surface area contributed by atoms with Gasteiger partial charge in [-0.1, -0.05) is 342 Å². The van der Waals surface area contributed by atoms with Crippen LogP contribution in [0.15, 0.2) is 376 Å². The Hall–Kier alpha value is -14.8. The maximum absolute atomic E-state index is 2.65. The van der Waals surface area contributed by atoms with Crippen LogP contribution in [-0.2, 0) is 43.3 Å². The van der Waals surface area contributed by atoms with E-state index in [9.17, 15) is 0 Å². The molecule has 0 spiro atoms. The highest BCUT2D eigenvalue weighted by atomic mass is 15.1. The zero-order valence-electron chi connectivity index (χ0n) is 89.5. The van der Waals surface area contributed by atoms with Crippen molar-refractivity contribution < 1.29 is 0 Å². The highest BCUT2D eigenvalue weighted by Crippen LogP contribution is 2.62. The van der Waals surface area contributed by atoms with Crippen LogP contribution in [0.3, 0.4) is 0 Å². The predicted molar refractivity (Wildman–Crippen MR) is 628 cm³/mol. The Balaban J connectivity index is 0.523. The number of aryl methyl sites for hydroxylation is 2. The van der Waals surface area contributed by atoms with Gasteiger partial charge < -0.3 is 18.9 Å². The summed E-state index contributed by atoms with van der Waals surface area (Å²) in [6.07, 6.45) is 7.37. The van der Waals surface area contributed by atoms with E-state index in [2.05, 4.69) is 534 Å². The number of rotatable bonds is 24. The maximum Gasteiger partial charge on any atom is 0.0541 e. The van der Waals surface area contributed by atoms with Crippen LogP contribution in [-0.4, -0.2) is 9.13 Å². The van der Waals surface area contributed by atoms with Crippen molar-refractivity contribution in [3.05, 3.63) is 454 Å². The quantitative estimate of drug-likeness (QED) is 0.0599. The van der Waals surface area contributed by atoms with Crippen molar-refractivity contribution in [1.29, 1.82) is 0 Å². The summed E-state index contributed by atoms with van der Waals surface area (Å²) in [6.45, 7) is 48.1. The number of para-hydroxylation sites is 2. The second-order valence-electron chi connectivity index (χ2n) is 46.2. The third kappa shape index (κ3) is 14.6. The Morgan fingerprint density at radius 3 is 0.803 bits per heavy atom. The van der Waals surface area contributed by atoms with Gasteiger partial charge in [0.1, 0.15) is 0 Å². The highest BCUT2D eigenvalue weighted by Gasteiger charge is 2.50. The first-order chi connectivity index (χ1) is 70.9. The Morgan fingerprint density at radius 1 is 0.211 bits per heavy atom. The van der Waals surface area contributed by atoms with Gasteiger partial charge in [-0.15, -0.1) is 0 Å². The van der Waals surface area contributed by atoms with E-state index in [4.69, 9.17) is 0 Å². The third-order valence-corrected chi connectivity index (χ3v) is 37.6. The average molecular weight is 1910 g/mol. The van der Waals surface area contributed by atoms with Crippen LogP contribution >= 0.6 is 0 Å². The zero-order chi connectivity index (χ0) is 102. The van der Waals surface area contributed by atoms with Crippen molar-refractivity contribution in [2.45, 2.75) is 227 Å². The number of aromatic nitrogens is 2. The average Bonchev–Trinajstić information content (AvgIpc) is 1.54. The lowest BCUT2D eigenvalue weighted by molar-refractivity contribution is 0.204. The van der Waals surface area contributed by atoms with Crippen LogP contribution in [0.25, 0.3) is 144 Å². The minimum absolute atomic E-state index is 0.106. The van der Waals surface area contributed by atoms with Gasteiger partial charge in [0.15, 0.2) is 0 Å². The molecule has 4 heteroatoms. The van der Waals surface area contributed by atoms with Gasteiger partial charge in [0, 0.05) is 99.5 Å². The molecule has 20 aromatic rings. The lowest BCUT2D eigenvalue weighted by atomic mass is 9.54. The summed E-state index contributed by atoms with van der Waals surface area (Å²) in [5, 5.41) is 5.00. The minimum atomic E-state index is -0.253. The molecule has 1 unspecified atom stereocenters. The van der Waals surface area contributed by atoms with Crippen LogP contribution in [0.1, 0.15) is 247 Å². The predicted octanol–water partition coefficient (Wildman–Crippen LogP) is 39.9. The fraction of sp³-hybridized carbons (Fsp3) is 0.245. The monoisotopic (exact) mass is 1910 g/mol. The van der Waals surface area contributed by atoms with E-state index in [0.717, 1.165) is 79.1 Å². The molecule has 0 fully saturated rings. The molecule has 2 heterocycles. The van der Waals surface area contributed by atoms with E-state index in [0.29, 0.717) is 0 Å². The number of anilines is 6. The summed E-state index contributed by atoms with van der Waals surface area (Å²) in [7, 11) is 0. The normalized spacial score (nSPS) is 14.7. The van der Waals surface area contributed by atoms with E-state index >= 15 is 0 Å². The molecule has 4 aliphatic rings. The largest absolute Gasteiger partial charge is 0.311 e. The molecule has 728 valence electrons. The van der Waals surface area contributed by atoms with Gasteiger partial charge in [-0.05, 0) is 395 Å². The molecule has 0 saturated heterocycles. The Kier molecular flexibility index (Phi) is 22.5. The van der Waals surface area contributed by atoms with Gasteiger partial charge >= 0.3 is 0 Å². The molecule has 0 bridgehead atoms.